The number of nitrogens with one attached hydrogen (secondary N) is 1. The molecule has 0 saturated carbocycles. The number of aliphatic hydroxyl groups excluding tert-OH is 3. The Hall–Kier alpha value is -1.67. The van der Waals surface area contributed by atoms with Gasteiger partial charge in [0.15, 0.2) is 0 Å². The quantitative estimate of drug-likeness (QED) is 0.587. The van der Waals surface area contributed by atoms with Gasteiger partial charge in [0.1, 0.15) is 30.1 Å². The predicted molar refractivity (Wildman–Crippen MR) is 77.2 cm³/mol. The highest BCUT2D eigenvalue weighted by Crippen LogP contribution is 2.24. The first kappa shape index (κ1) is 16.7. The molecule has 0 aliphatic carbocycles. The Balaban J connectivity index is 2.18. The van der Waals surface area contributed by atoms with E-state index in [1.54, 1.807) is 12.1 Å². The lowest BCUT2D eigenvalue weighted by molar-refractivity contribution is -0.244. The van der Waals surface area contributed by atoms with Gasteiger partial charge in [-0.3, -0.25) is 4.79 Å². The molecule has 22 heavy (non-hydrogen) atoms. The monoisotopic (exact) mass is 311 g/mol. The molecule has 1 aromatic carbocycles. The van der Waals surface area contributed by atoms with Crippen molar-refractivity contribution in [2.45, 2.75) is 44.5 Å². The van der Waals surface area contributed by atoms with E-state index >= 15 is 0 Å². The van der Waals surface area contributed by atoms with E-state index in [1.807, 2.05) is 19.1 Å². The molecule has 1 aliphatic heterocycles. The summed E-state index contributed by atoms with van der Waals surface area (Å²) < 4.78 is 11.1. The number of rotatable bonds is 4. The summed E-state index contributed by atoms with van der Waals surface area (Å²) in [5, 5.41) is 31.8. The summed E-state index contributed by atoms with van der Waals surface area (Å²) in [4.78, 5) is 11.3. The smallest absolute Gasteiger partial charge is 0.223 e. The molecular weight excluding hydrogens is 290 g/mol. The lowest BCUT2D eigenvalue weighted by atomic mass is 9.97. The van der Waals surface area contributed by atoms with Crippen LogP contribution in [0.15, 0.2) is 24.3 Å². The van der Waals surface area contributed by atoms with Crippen LogP contribution < -0.4 is 10.1 Å². The minimum Gasteiger partial charge on any atom is -0.463 e. The zero-order chi connectivity index (χ0) is 16.3. The molecular formula is C15H21NO6. The van der Waals surface area contributed by atoms with Crippen molar-refractivity contribution in [3.05, 3.63) is 29.8 Å². The maximum absolute atomic E-state index is 11.3. The molecule has 2 rings (SSSR count). The molecule has 0 spiro atoms. The lowest BCUT2D eigenvalue weighted by Crippen LogP contribution is -2.65. The summed E-state index contributed by atoms with van der Waals surface area (Å²) in [5.74, 6) is 0.103. The van der Waals surface area contributed by atoms with E-state index in [4.69, 9.17) is 9.47 Å². The Morgan fingerprint density at radius 1 is 1.27 bits per heavy atom. The molecule has 7 heteroatoms. The zero-order valence-corrected chi connectivity index (χ0v) is 12.5. The van der Waals surface area contributed by atoms with Crippen LogP contribution in [0.4, 0.5) is 0 Å². The summed E-state index contributed by atoms with van der Waals surface area (Å²) in [7, 11) is 0. The van der Waals surface area contributed by atoms with Gasteiger partial charge in [-0.2, -0.15) is 0 Å². The minimum atomic E-state index is -1.32. The third kappa shape index (κ3) is 3.75. The molecule has 4 N–H and O–H groups in total. The Kier molecular flexibility index (Phi) is 5.36. The zero-order valence-electron chi connectivity index (χ0n) is 12.5. The average molecular weight is 311 g/mol. The second-order valence-corrected chi connectivity index (χ2v) is 5.36. The average Bonchev–Trinajstić information content (AvgIpc) is 2.48. The number of hydrogen-bond acceptors (Lipinski definition) is 6. The number of carbonyl (C=O) groups is 1. The van der Waals surface area contributed by atoms with E-state index in [-0.39, 0.29) is 5.91 Å². The van der Waals surface area contributed by atoms with E-state index in [0.29, 0.717) is 5.75 Å². The van der Waals surface area contributed by atoms with Gasteiger partial charge < -0.3 is 30.1 Å². The largest absolute Gasteiger partial charge is 0.463 e. The fourth-order valence-electron chi connectivity index (χ4n) is 2.32. The Morgan fingerprint density at radius 3 is 2.45 bits per heavy atom. The first-order valence-corrected chi connectivity index (χ1v) is 7.05. The maximum atomic E-state index is 11.3. The summed E-state index contributed by atoms with van der Waals surface area (Å²) >= 11 is 0. The molecule has 0 unspecified atom stereocenters. The van der Waals surface area contributed by atoms with Gasteiger partial charge in [-0.05, 0) is 19.1 Å². The number of carbonyl (C=O) groups excluding carboxylic acids is 1. The van der Waals surface area contributed by atoms with Crippen LogP contribution in [-0.2, 0) is 9.53 Å². The molecule has 1 aromatic rings. The van der Waals surface area contributed by atoms with Crippen LogP contribution in [0.5, 0.6) is 5.75 Å². The standard InChI is InChI=1S/C15H21NO6/c1-8-3-5-10(6-4-8)21-15-12(16-9(2)18)14(20)13(19)11(7-17)22-15/h3-6,11-15,17,19-20H,7H2,1-2H3,(H,16,18)/t11-,12-,13+,14-,15-/m1/s1. The molecule has 0 radical (unpaired) electrons. The van der Waals surface area contributed by atoms with E-state index < -0.39 is 37.3 Å². The number of benzene rings is 1. The maximum Gasteiger partial charge on any atom is 0.223 e. The first-order chi connectivity index (χ1) is 10.4. The van der Waals surface area contributed by atoms with Crippen molar-refractivity contribution < 1.29 is 29.6 Å². The van der Waals surface area contributed by atoms with Crippen LogP contribution in [0.2, 0.25) is 0 Å². The highest BCUT2D eigenvalue weighted by Gasteiger charge is 2.46. The van der Waals surface area contributed by atoms with Crippen LogP contribution in [0, 0.1) is 6.92 Å². The number of ether oxygens (including phenoxy) is 2. The van der Waals surface area contributed by atoms with Crippen molar-refractivity contribution in [3.8, 4) is 5.75 Å². The molecule has 5 atom stereocenters. The van der Waals surface area contributed by atoms with Gasteiger partial charge in [0.05, 0.1) is 6.61 Å². The van der Waals surface area contributed by atoms with E-state index in [2.05, 4.69) is 5.32 Å². The molecule has 1 saturated heterocycles. The third-order valence-corrected chi connectivity index (χ3v) is 3.52. The van der Waals surface area contributed by atoms with Crippen molar-refractivity contribution in [1.82, 2.24) is 5.32 Å². The SMILES string of the molecule is CC(=O)N[C@H]1[C@H](Oc2ccc(C)cc2)O[C@H](CO)[C@H](O)[C@@H]1O. The summed E-state index contributed by atoms with van der Waals surface area (Å²) in [5.41, 5.74) is 1.05. The summed E-state index contributed by atoms with van der Waals surface area (Å²) in [6, 6.07) is 6.21. The van der Waals surface area contributed by atoms with Gasteiger partial charge in [0.25, 0.3) is 0 Å². The molecule has 7 nitrogen and oxygen atoms in total. The van der Waals surface area contributed by atoms with Gasteiger partial charge in [-0.1, -0.05) is 17.7 Å². The van der Waals surface area contributed by atoms with Crippen molar-refractivity contribution >= 4 is 5.91 Å². The Bertz CT molecular complexity index is 505. The van der Waals surface area contributed by atoms with Gasteiger partial charge in [-0.15, -0.1) is 0 Å². The van der Waals surface area contributed by atoms with E-state index in [1.165, 1.54) is 6.92 Å². The van der Waals surface area contributed by atoms with Crippen LogP contribution >= 0.6 is 0 Å². The normalized spacial score (nSPS) is 31.6. The van der Waals surface area contributed by atoms with Gasteiger partial charge in [-0.25, -0.2) is 0 Å². The molecule has 0 aromatic heterocycles. The molecule has 0 bridgehead atoms. The van der Waals surface area contributed by atoms with Crippen LogP contribution in [0.1, 0.15) is 12.5 Å². The first-order valence-electron chi connectivity index (χ1n) is 7.05. The highest BCUT2D eigenvalue weighted by molar-refractivity contribution is 5.73. The topological polar surface area (TPSA) is 108 Å². The Morgan fingerprint density at radius 2 is 1.91 bits per heavy atom. The van der Waals surface area contributed by atoms with Gasteiger partial charge in [0.2, 0.25) is 12.2 Å². The summed E-state index contributed by atoms with van der Waals surface area (Å²) in [6.07, 6.45) is -4.65. The third-order valence-electron chi connectivity index (χ3n) is 3.52. The molecule has 1 fully saturated rings. The summed E-state index contributed by atoms with van der Waals surface area (Å²) in [6.45, 7) is 2.75. The Labute approximate surface area is 128 Å². The molecule has 122 valence electrons. The van der Waals surface area contributed by atoms with Crippen molar-refractivity contribution in [3.63, 3.8) is 0 Å². The van der Waals surface area contributed by atoms with E-state index in [0.717, 1.165) is 5.56 Å². The second kappa shape index (κ2) is 7.06. The molecule has 1 aliphatic rings. The van der Waals surface area contributed by atoms with Crippen molar-refractivity contribution in [1.29, 1.82) is 0 Å². The van der Waals surface area contributed by atoms with Crippen LogP contribution in [-0.4, -0.2) is 58.5 Å². The fraction of sp³-hybridized carbons (Fsp3) is 0.533. The number of hydrogen-bond donors (Lipinski definition) is 4. The predicted octanol–water partition coefficient (Wildman–Crippen LogP) is -0.682. The molecule has 1 amide bonds. The van der Waals surface area contributed by atoms with Crippen LogP contribution in [0.25, 0.3) is 0 Å². The second-order valence-electron chi connectivity index (χ2n) is 5.36. The van der Waals surface area contributed by atoms with E-state index in [9.17, 15) is 20.1 Å². The van der Waals surface area contributed by atoms with Gasteiger partial charge in [0, 0.05) is 6.92 Å². The number of aliphatic hydroxyl groups is 3. The minimum absolute atomic E-state index is 0.389. The number of amides is 1. The van der Waals surface area contributed by atoms with Gasteiger partial charge >= 0.3 is 0 Å². The lowest BCUT2D eigenvalue weighted by Gasteiger charge is -2.42. The number of aryl methyl sites for hydroxylation is 1. The molecule has 1 heterocycles. The van der Waals surface area contributed by atoms with Crippen molar-refractivity contribution in [2.75, 3.05) is 6.61 Å². The fourth-order valence-corrected chi connectivity index (χ4v) is 2.32. The highest BCUT2D eigenvalue weighted by atomic mass is 16.7. The van der Waals surface area contributed by atoms with Crippen molar-refractivity contribution in [2.24, 2.45) is 0 Å². The van der Waals surface area contributed by atoms with Crippen LogP contribution in [0.3, 0.4) is 0 Å².